The quantitative estimate of drug-likeness (QED) is 0.618. The van der Waals surface area contributed by atoms with Crippen molar-refractivity contribution in [3.8, 4) is 0 Å². The van der Waals surface area contributed by atoms with Crippen LogP contribution < -0.4 is 5.73 Å². The van der Waals surface area contributed by atoms with Crippen molar-refractivity contribution < 1.29 is 9.53 Å². The fourth-order valence-electron chi connectivity index (χ4n) is 1.13. The van der Waals surface area contributed by atoms with Crippen LogP contribution in [0.1, 0.15) is 12.0 Å². The maximum atomic E-state index is 10.9. The first-order chi connectivity index (χ1) is 6.63. The summed E-state index contributed by atoms with van der Waals surface area (Å²) in [5.74, 6) is -0.246. The summed E-state index contributed by atoms with van der Waals surface area (Å²) in [5, 5.41) is 0.624. The van der Waals surface area contributed by atoms with Gasteiger partial charge in [-0.25, -0.2) is 0 Å². The van der Waals surface area contributed by atoms with Gasteiger partial charge in [-0.15, -0.1) is 0 Å². The van der Waals surface area contributed by atoms with Crippen LogP contribution in [0.25, 0.3) is 0 Å². The molecule has 0 bridgehead atoms. The smallest absolute Gasteiger partial charge is 0.305 e. The molecule has 0 spiro atoms. The summed E-state index contributed by atoms with van der Waals surface area (Å²) in [7, 11) is 1.36. The van der Waals surface area contributed by atoms with Gasteiger partial charge in [0, 0.05) is 17.1 Å². The second-order valence-corrected chi connectivity index (χ2v) is 3.36. The number of carbonyl (C=O) groups is 1. The number of hydrogen-bond donors (Lipinski definition) is 1. The van der Waals surface area contributed by atoms with Gasteiger partial charge in [0.15, 0.2) is 0 Å². The van der Waals surface area contributed by atoms with Gasteiger partial charge in [0.05, 0.1) is 7.11 Å². The molecule has 0 atom stereocenters. The summed E-state index contributed by atoms with van der Waals surface area (Å²) in [6.45, 7) is 0. The number of halogens is 1. The van der Waals surface area contributed by atoms with Gasteiger partial charge >= 0.3 is 5.97 Å². The van der Waals surface area contributed by atoms with E-state index in [4.69, 9.17) is 17.3 Å². The minimum atomic E-state index is -0.246. The number of rotatable bonds is 3. The van der Waals surface area contributed by atoms with Gasteiger partial charge in [-0.05, 0) is 30.2 Å². The minimum Gasteiger partial charge on any atom is -0.469 e. The molecule has 0 fully saturated rings. The van der Waals surface area contributed by atoms with Gasteiger partial charge in [-0.2, -0.15) is 0 Å². The zero-order chi connectivity index (χ0) is 10.6. The first-order valence-corrected chi connectivity index (χ1v) is 4.62. The molecular weight excluding hydrogens is 202 g/mol. The molecule has 1 aromatic rings. The van der Waals surface area contributed by atoms with E-state index in [1.165, 1.54) is 7.11 Å². The molecule has 76 valence electrons. The summed E-state index contributed by atoms with van der Waals surface area (Å²) in [6, 6.07) is 5.22. The van der Waals surface area contributed by atoms with Crippen LogP contribution in [-0.4, -0.2) is 13.1 Å². The average molecular weight is 214 g/mol. The number of methoxy groups -OCH3 is 1. The Kier molecular flexibility index (Phi) is 3.77. The lowest BCUT2D eigenvalue weighted by Crippen LogP contribution is -2.03. The van der Waals surface area contributed by atoms with Crippen molar-refractivity contribution in [3.63, 3.8) is 0 Å². The van der Waals surface area contributed by atoms with Crippen LogP contribution in [0.5, 0.6) is 0 Å². The third-order valence-electron chi connectivity index (χ3n) is 1.93. The number of esters is 1. The van der Waals surface area contributed by atoms with Crippen molar-refractivity contribution in [2.75, 3.05) is 12.8 Å². The van der Waals surface area contributed by atoms with E-state index in [-0.39, 0.29) is 5.97 Å². The largest absolute Gasteiger partial charge is 0.469 e. The lowest BCUT2D eigenvalue weighted by atomic mass is 10.1. The molecule has 3 nitrogen and oxygen atoms in total. The average Bonchev–Trinajstić information content (AvgIpc) is 2.19. The summed E-state index contributed by atoms with van der Waals surface area (Å²) < 4.78 is 4.53. The fraction of sp³-hybridized carbons (Fsp3) is 0.300. The first kappa shape index (κ1) is 10.9. The maximum absolute atomic E-state index is 10.9. The third-order valence-corrected chi connectivity index (χ3v) is 2.17. The second-order valence-electron chi connectivity index (χ2n) is 2.92. The van der Waals surface area contributed by atoms with Crippen molar-refractivity contribution in [1.82, 2.24) is 0 Å². The number of anilines is 1. The summed E-state index contributed by atoms with van der Waals surface area (Å²) in [4.78, 5) is 10.9. The lowest BCUT2D eigenvalue weighted by Gasteiger charge is -2.04. The van der Waals surface area contributed by atoms with Crippen molar-refractivity contribution in [2.45, 2.75) is 12.8 Å². The molecule has 2 N–H and O–H groups in total. The highest BCUT2D eigenvalue weighted by molar-refractivity contribution is 6.30. The van der Waals surface area contributed by atoms with Crippen LogP contribution in [0.15, 0.2) is 18.2 Å². The highest BCUT2D eigenvalue weighted by atomic mass is 35.5. The number of ether oxygens (including phenoxy) is 1. The Labute approximate surface area is 87.8 Å². The van der Waals surface area contributed by atoms with Gasteiger partial charge in [-0.3, -0.25) is 4.79 Å². The first-order valence-electron chi connectivity index (χ1n) is 4.24. The molecule has 1 rings (SSSR count). The van der Waals surface area contributed by atoms with Crippen molar-refractivity contribution in [2.24, 2.45) is 0 Å². The molecule has 14 heavy (non-hydrogen) atoms. The number of benzene rings is 1. The van der Waals surface area contributed by atoms with E-state index in [1.54, 1.807) is 18.2 Å². The monoisotopic (exact) mass is 213 g/mol. The van der Waals surface area contributed by atoms with E-state index >= 15 is 0 Å². The van der Waals surface area contributed by atoms with Crippen molar-refractivity contribution >= 4 is 23.3 Å². The van der Waals surface area contributed by atoms with Gasteiger partial charge < -0.3 is 10.5 Å². The number of aryl methyl sites for hydroxylation is 1. The van der Waals surface area contributed by atoms with E-state index in [0.29, 0.717) is 23.6 Å². The number of nitrogen functional groups attached to an aromatic ring is 1. The van der Waals surface area contributed by atoms with Gasteiger partial charge in [0.1, 0.15) is 0 Å². The molecule has 1 aromatic carbocycles. The van der Waals surface area contributed by atoms with Crippen LogP contribution in [0.4, 0.5) is 5.69 Å². The normalized spacial score (nSPS) is 9.86. The molecule has 4 heteroatoms. The van der Waals surface area contributed by atoms with E-state index < -0.39 is 0 Å². The zero-order valence-corrected chi connectivity index (χ0v) is 8.67. The minimum absolute atomic E-state index is 0.246. The van der Waals surface area contributed by atoms with Crippen LogP contribution >= 0.6 is 11.6 Å². The maximum Gasteiger partial charge on any atom is 0.305 e. The van der Waals surface area contributed by atoms with E-state index in [1.807, 2.05) is 0 Å². The van der Waals surface area contributed by atoms with E-state index in [2.05, 4.69) is 4.74 Å². The Bertz CT molecular complexity index is 339. The van der Waals surface area contributed by atoms with Gasteiger partial charge in [0.2, 0.25) is 0 Å². The predicted molar refractivity (Wildman–Crippen MR) is 56.2 cm³/mol. The molecule has 0 saturated heterocycles. The molecule has 0 aliphatic heterocycles. The third kappa shape index (κ3) is 2.92. The number of nitrogens with two attached hydrogens (primary N) is 1. The van der Waals surface area contributed by atoms with Crippen LogP contribution in [0.3, 0.4) is 0 Å². The summed E-state index contributed by atoms with van der Waals surface area (Å²) >= 11 is 5.79. The molecule has 0 saturated carbocycles. The zero-order valence-electron chi connectivity index (χ0n) is 7.92. The second kappa shape index (κ2) is 4.86. The Hall–Kier alpha value is -1.22. The van der Waals surface area contributed by atoms with Crippen LogP contribution in [0, 0.1) is 0 Å². The number of carbonyl (C=O) groups excluding carboxylic acids is 1. The van der Waals surface area contributed by atoms with Crippen LogP contribution in [0.2, 0.25) is 5.02 Å². The molecule has 0 aliphatic rings. The van der Waals surface area contributed by atoms with Crippen molar-refractivity contribution in [3.05, 3.63) is 28.8 Å². The molecule has 0 amide bonds. The Balaban J connectivity index is 2.66. The summed E-state index contributed by atoms with van der Waals surface area (Å²) in [5.41, 5.74) is 7.24. The topological polar surface area (TPSA) is 52.3 Å². The van der Waals surface area contributed by atoms with Gasteiger partial charge in [-0.1, -0.05) is 11.6 Å². The summed E-state index contributed by atoms with van der Waals surface area (Å²) in [6.07, 6.45) is 0.875. The lowest BCUT2D eigenvalue weighted by molar-refractivity contribution is -0.140. The molecule has 0 aliphatic carbocycles. The van der Waals surface area contributed by atoms with Crippen molar-refractivity contribution in [1.29, 1.82) is 0 Å². The Morgan fingerprint density at radius 2 is 2.29 bits per heavy atom. The number of hydrogen-bond acceptors (Lipinski definition) is 3. The Morgan fingerprint density at radius 1 is 1.57 bits per heavy atom. The van der Waals surface area contributed by atoms with E-state index in [0.717, 1.165) is 5.56 Å². The highest BCUT2D eigenvalue weighted by Crippen LogP contribution is 2.19. The Morgan fingerprint density at radius 3 is 2.93 bits per heavy atom. The van der Waals surface area contributed by atoms with Crippen LogP contribution in [-0.2, 0) is 16.0 Å². The molecule has 0 heterocycles. The molecule has 0 radical (unpaired) electrons. The molecular formula is C10H12ClNO2. The molecule has 0 aromatic heterocycles. The highest BCUT2D eigenvalue weighted by Gasteiger charge is 2.04. The SMILES string of the molecule is COC(=O)CCc1cc(Cl)ccc1N. The fourth-order valence-corrected chi connectivity index (χ4v) is 1.32. The standard InChI is InChI=1S/C10H12ClNO2/c1-14-10(13)5-2-7-6-8(11)3-4-9(7)12/h3-4,6H,2,5,12H2,1H3. The van der Waals surface area contributed by atoms with Gasteiger partial charge in [0.25, 0.3) is 0 Å². The predicted octanol–water partition coefficient (Wildman–Crippen LogP) is 2.03. The molecule has 0 unspecified atom stereocenters. The van der Waals surface area contributed by atoms with E-state index in [9.17, 15) is 4.79 Å².